The van der Waals surface area contributed by atoms with Crippen LogP contribution in [0.25, 0.3) is 0 Å². The molecule has 0 bridgehead atoms. The molecule has 0 saturated carbocycles. The third kappa shape index (κ3) is 2.10. The van der Waals surface area contributed by atoms with Gasteiger partial charge in [-0.1, -0.05) is 30.3 Å². The molecule has 1 aliphatic heterocycles. The Kier molecular flexibility index (Phi) is 3.22. The fraction of sp³-hybridized carbons (Fsp3) is 0.312. The van der Waals surface area contributed by atoms with E-state index in [-0.39, 0.29) is 5.78 Å². The summed E-state index contributed by atoms with van der Waals surface area (Å²) in [6.45, 7) is 1.75. The predicted octanol–water partition coefficient (Wildman–Crippen LogP) is 2.78. The molecule has 3 rings (SSSR count). The second kappa shape index (κ2) is 5.02. The molecule has 0 atom stereocenters. The fourth-order valence-electron chi connectivity index (χ4n) is 2.93. The van der Waals surface area contributed by atoms with E-state index in [1.165, 1.54) is 0 Å². The summed E-state index contributed by atoms with van der Waals surface area (Å²) in [7, 11) is 0. The van der Waals surface area contributed by atoms with Gasteiger partial charge in [0, 0.05) is 0 Å². The molecular formula is C16H17NO2. The highest BCUT2D eigenvalue weighted by molar-refractivity contribution is 6.04. The average molecular weight is 255 g/mol. The molecular weight excluding hydrogens is 238 g/mol. The van der Waals surface area contributed by atoms with Gasteiger partial charge in [0.1, 0.15) is 6.26 Å². The van der Waals surface area contributed by atoms with Crippen LogP contribution in [0.2, 0.25) is 0 Å². The molecule has 0 aliphatic carbocycles. The lowest BCUT2D eigenvalue weighted by atomic mass is 9.69. The summed E-state index contributed by atoms with van der Waals surface area (Å²) in [5.74, 6) is 0.175. The quantitative estimate of drug-likeness (QED) is 0.857. The molecule has 2 aromatic rings. The van der Waals surface area contributed by atoms with Crippen LogP contribution >= 0.6 is 0 Å². The van der Waals surface area contributed by atoms with Gasteiger partial charge in [0.15, 0.2) is 5.78 Å². The van der Waals surface area contributed by atoms with Crippen LogP contribution in [0, 0.1) is 0 Å². The minimum absolute atomic E-state index is 0.175. The van der Waals surface area contributed by atoms with E-state index < -0.39 is 5.41 Å². The van der Waals surface area contributed by atoms with Crippen molar-refractivity contribution >= 4 is 5.78 Å². The fourth-order valence-corrected chi connectivity index (χ4v) is 2.93. The van der Waals surface area contributed by atoms with E-state index in [1.807, 2.05) is 18.2 Å². The average Bonchev–Trinajstić information content (AvgIpc) is 3.02. The van der Waals surface area contributed by atoms with E-state index in [4.69, 9.17) is 4.42 Å². The van der Waals surface area contributed by atoms with E-state index in [9.17, 15) is 4.79 Å². The second-order valence-electron chi connectivity index (χ2n) is 5.04. The maximum atomic E-state index is 12.9. The molecule has 1 saturated heterocycles. The van der Waals surface area contributed by atoms with Crippen molar-refractivity contribution in [3.8, 4) is 0 Å². The molecule has 3 nitrogen and oxygen atoms in total. The standard InChI is InChI=1S/C16H17NO2/c18-15(13-6-11-19-12-13)16(7-9-17-10-8-16)14-4-2-1-3-5-14/h1-6,11-12,17H,7-10H2. The third-order valence-corrected chi connectivity index (χ3v) is 4.00. The predicted molar refractivity (Wildman–Crippen MR) is 73.3 cm³/mol. The summed E-state index contributed by atoms with van der Waals surface area (Å²) in [6, 6.07) is 11.9. The molecule has 1 aromatic carbocycles. The summed E-state index contributed by atoms with van der Waals surface area (Å²) in [5.41, 5.74) is 1.38. The molecule has 19 heavy (non-hydrogen) atoms. The summed E-state index contributed by atoms with van der Waals surface area (Å²) in [5, 5.41) is 3.33. The van der Waals surface area contributed by atoms with Gasteiger partial charge in [-0.05, 0) is 37.6 Å². The van der Waals surface area contributed by atoms with Crippen LogP contribution < -0.4 is 5.32 Å². The second-order valence-corrected chi connectivity index (χ2v) is 5.04. The molecule has 98 valence electrons. The van der Waals surface area contributed by atoms with Gasteiger partial charge in [-0.25, -0.2) is 0 Å². The molecule has 1 N–H and O–H groups in total. The van der Waals surface area contributed by atoms with Crippen LogP contribution in [0.3, 0.4) is 0 Å². The van der Waals surface area contributed by atoms with Crippen molar-refractivity contribution in [2.24, 2.45) is 0 Å². The SMILES string of the molecule is O=C(c1ccoc1)C1(c2ccccc2)CCNCC1. The van der Waals surface area contributed by atoms with Crippen molar-refractivity contribution in [3.63, 3.8) is 0 Å². The maximum absolute atomic E-state index is 12.9. The monoisotopic (exact) mass is 255 g/mol. The number of carbonyl (C=O) groups is 1. The van der Waals surface area contributed by atoms with Crippen LogP contribution in [-0.4, -0.2) is 18.9 Å². The first kappa shape index (κ1) is 12.2. The van der Waals surface area contributed by atoms with Crippen molar-refractivity contribution in [2.45, 2.75) is 18.3 Å². The molecule has 0 amide bonds. The highest BCUT2D eigenvalue weighted by atomic mass is 16.3. The first-order valence-corrected chi connectivity index (χ1v) is 6.66. The Bertz CT molecular complexity index is 539. The maximum Gasteiger partial charge on any atom is 0.176 e. The van der Waals surface area contributed by atoms with E-state index in [0.29, 0.717) is 5.56 Å². The molecule has 0 spiro atoms. The number of Topliss-reactive ketones (excluding diaryl/α,β-unsaturated/α-hetero) is 1. The highest BCUT2D eigenvalue weighted by Gasteiger charge is 2.41. The number of piperidine rings is 1. The Morgan fingerprint density at radius 1 is 1.11 bits per heavy atom. The Balaban J connectivity index is 2.04. The Hall–Kier alpha value is -1.87. The third-order valence-electron chi connectivity index (χ3n) is 4.00. The van der Waals surface area contributed by atoms with E-state index in [0.717, 1.165) is 31.5 Å². The van der Waals surface area contributed by atoms with Crippen molar-refractivity contribution in [2.75, 3.05) is 13.1 Å². The lowest BCUT2D eigenvalue weighted by molar-refractivity contribution is 0.0846. The Morgan fingerprint density at radius 3 is 2.47 bits per heavy atom. The van der Waals surface area contributed by atoms with Crippen molar-refractivity contribution in [3.05, 3.63) is 60.1 Å². The molecule has 1 fully saturated rings. The largest absolute Gasteiger partial charge is 0.472 e. The van der Waals surface area contributed by atoms with Crippen molar-refractivity contribution in [1.29, 1.82) is 0 Å². The lowest BCUT2D eigenvalue weighted by Crippen LogP contribution is -2.45. The van der Waals surface area contributed by atoms with Gasteiger partial charge in [-0.3, -0.25) is 4.79 Å². The summed E-state index contributed by atoms with van der Waals surface area (Å²) < 4.78 is 5.07. The zero-order valence-corrected chi connectivity index (χ0v) is 10.8. The molecule has 1 aliphatic rings. The minimum Gasteiger partial charge on any atom is -0.472 e. The van der Waals surface area contributed by atoms with Gasteiger partial charge in [-0.2, -0.15) is 0 Å². The van der Waals surface area contributed by atoms with E-state index in [1.54, 1.807) is 18.6 Å². The topological polar surface area (TPSA) is 42.2 Å². The normalized spacial score (nSPS) is 18.1. The first-order chi connectivity index (χ1) is 9.33. The van der Waals surface area contributed by atoms with Crippen LogP contribution in [0.5, 0.6) is 0 Å². The Labute approximate surface area is 112 Å². The summed E-state index contributed by atoms with van der Waals surface area (Å²) in [6.07, 6.45) is 4.78. The molecule has 3 heteroatoms. The van der Waals surface area contributed by atoms with Crippen molar-refractivity contribution in [1.82, 2.24) is 5.32 Å². The van der Waals surface area contributed by atoms with Gasteiger partial charge in [-0.15, -0.1) is 0 Å². The van der Waals surface area contributed by atoms with E-state index in [2.05, 4.69) is 17.4 Å². The van der Waals surface area contributed by atoms with Crippen LogP contribution in [0.15, 0.2) is 53.3 Å². The van der Waals surface area contributed by atoms with E-state index >= 15 is 0 Å². The number of hydrogen-bond acceptors (Lipinski definition) is 3. The number of nitrogens with one attached hydrogen (secondary N) is 1. The number of furan rings is 1. The van der Waals surface area contributed by atoms with Crippen LogP contribution in [0.1, 0.15) is 28.8 Å². The molecule has 0 unspecified atom stereocenters. The van der Waals surface area contributed by atoms with Gasteiger partial charge < -0.3 is 9.73 Å². The molecule has 0 radical (unpaired) electrons. The van der Waals surface area contributed by atoms with Crippen LogP contribution in [-0.2, 0) is 5.41 Å². The van der Waals surface area contributed by atoms with Crippen molar-refractivity contribution < 1.29 is 9.21 Å². The first-order valence-electron chi connectivity index (χ1n) is 6.66. The smallest absolute Gasteiger partial charge is 0.176 e. The zero-order valence-electron chi connectivity index (χ0n) is 10.8. The summed E-state index contributed by atoms with van der Waals surface area (Å²) >= 11 is 0. The number of ketones is 1. The highest BCUT2D eigenvalue weighted by Crippen LogP contribution is 2.36. The minimum atomic E-state index is -0.406. The molecule has 2 heterocycles. The van der Waals surface area contributed by atoms with Gasteiger partial charge in [0.25, 0.3) is 0 Å². The Morgan fingerprint density at radius 2 is 1.84 bits per heavy atom. The lowest BCUT2D eigenvalue weighted by Gasteiger charge is -2.36. The van der Waals surface area contributed by atoms with Gasteiger partial charge in [0.05, 0.1) is 17.2 Å². The van der Waals surface area contributed by atoms with Gasteiger partial charge >= 0.3 is 0 Å². The number of carbonyl (C=O) groups excluding carboxylic acids is 1. The number of hydrogen-bond donors (Lipinski definition) is 1. The van der Waals surface area contributed by atoms with Gasteiger partial charge in [0.2, 0.25) is 0 Å². The van der Waals surface area contributed by atoms with Crippen LogP contribution in [0.4, 0.5) is 0 Å². The summed E-state index contributed by atoms with van der Waals surface area (Å²) in [4.78, 5) is 12.9. The number of benzene rings is 1. The zero-order chi connectivity index (χ0) is 13.1. The number of rotatable bonds is 3. The molecule has 1 aromatic heterocycles.